The van der Waals surface area contributed by atoms with Gasteiger partial charge >= 0.3 is 5.97 Å². The summed E-state index contributed by atoms with van der Waals surface area (Å²) in [6, 6.07) is 9.95. The summed E-state index contributed by atoms with van der Waals surface area (Å²) in [7, 11) is 0. The van der Waals surface area contributed by atoms with Gasteiger partial charge in [0.15, 0.2) is 0 Å². The molecule has 0 aromatic heterocycles. The first kappa shape index (κ1) is 16.2. The van der Waals surface area contributed by atoms with E-state index in [9.17, 15) is 4.79 Å². The van der Waals surface area contributed by atoms with Gasteiger partial charge in [0.25, 0.3) is 0 Å². The zero-order chi connectivity index (χ0) is 14.6. The van der Waals surface area contributed by atoms with Crippen LogP contribution in [0.2, 0.25) is 0 Å². The van der Waals surface area contributed by atoms with Crippen molar-refractivity contribution in [2.24, 2.45) is 0 Å². The second kappa shape index (κ2) is 10.0. The Kier molecular flexibility index (Phi) is 8.13. The van der Waals surface area contributed by atoms with Crippen molar-refractivity contribution in [3.63, 3.8) is 0 Å². The molecule has 0 radical (unpaired) electrons. The Morgan fingerprint density at radius 2 is 2.05 bits per heavy atom. The van der Waals surface area contributed by atoms with E-state index in [2.05, 4.69) is 20.7 Å². The summed E-state index contributed by atoms with van der Waals surface area (Å²) in [6.07, 6.45) is 10.2. The lowest BCUT2D eigenvalue weighted by molar-refractivity contribution is -0.135. The first-order valence-corrected chi connectivity index (χ1v) is 6.79. The summed E-state index contributed by atoms with van der Waals surface area (Å²) >= 11 is 3.36. The first-order chi connectivity index (χ1) is 9.72. The number of ether oxygens (including phenoxy) is 2. The highest BCUT2D eigenvalue weighted by atomic mass is 79.9. The second-order valence-corrected chi connectivity index (χ2v) is 4.65. The highest BCUT2D eigenvalue weighted by Crippen LogP contribution is 2.07. The third kappa shape index (κ3) is 7.57. The molecule has 1 aromatic rings. The Hall–Kier alpha value is -1.83. The molecule has 0 aliphatic carbocycles. The van der Waals surface area contributed by atoms with Crippen LogP contribution >= 0.6 is 15.9 Å². The number of carbonyl (C=O) groups excluding carboxylic acids is 1. The number of esters is 1. The fraction of sp³-hybridized carbons (Fsp3) is 0.188. The van der Waals surface area contributed by atoms with Crippen molar-refractivity contribution in [3.05, 3.63) is 58.6 Å². The van der Waals surface area contributed by atoms with E-state index < -0.39 is 5.97 Å². The van der Waals surface area contributed by atoms with Crippen molar-refractivity contribution in [1.82, 2.24) is 0 Å². The molecule has 0 heterocycles. The molecule has 0 aliphatic heterocycles. The summed E-state index contributed by atoms with van der Waals surface area (Å²) in [4.78, 5) is 10.7. The van der Waals surface area contributed by atoms with Crippen molar-refractivity contribution in [2.75, 3.05) is 13.2 Å². The van der Waals surface area contributed by atoms with Crippen LogP contribution in [0.5, 0.6) is 0 Å². The molecule has 0 bridgehead atoms. The molecule has 0 unspecified atom stereocenters. The number of hydrogen-bond acceptors (Lipinski definition) is 3. The van der Waals surface area contributed by atoms with Gasteiger partial charge in [-0.2, -0.15) is 0 Å². The molecule has 104 valence electrons. The number of benzene rings is 1. The molecule has 0 atom stereocenters. The molecular weight excluding hydrogens is 320 g/mol. The maximum Gasteiger partial charge on any atom is 0.384 e. The van der Waals surface area contributed by atoms with E-state index in [0.29, 0.717) is 13.2 Å². The van der Waals surface area contributed by atoms with Crippen LogP contribution in [0.4, 0.5) is 0 Å². The van der Waals surface area contributed by atoms with Crippen molar-refractivity contribution in [3.8, 4) is 12.3 Å². The van der Waals surface area contributed by atoms with Crippen LogP contribution in [0.25, 0.3) is 0 Å². The molecule has 0 saturated carbocycles. The highest BCUT2D eigenvalue weighted by molar-refractivity contribution is 9.11. The van der Waals surface area contributed by atoms with E-state index >= 15 is 0 Å². The molecule has 0 amide bonds. The van der Waals surface area contributed by atoms with Crippen LogP contribution in [0.15, 0.2) is 53.0 Å². The molecule has 3 nitrogen and oxygen atoms in total. The van der Waals surface area contributed by atoms with Crippen LogP contribution in [0.3, 0.4) is 0 Å². The van der Waals surface area contributed by atoms with Gasteiger partial charge in [-0.3, -0.25) is 0 Å². The lowest BCUT2D eigenvalue weighted by atomic mass is 10.2. The lowest BCUT2D eigenvalue weighted by Gasteiger charge is -2.01. The fourth-order valence-electron chi connectivity index (χ4n) is 1.28. The monoisotopic (exact) mass is 334 g/mol. The zero-order valence-electron chi connectivity index (χ0n) is 10.9. The molecule has 0 saturated heterocycles. The third-order valence-corrected chi connectivity index (χ3v) is 2.80. The standard InChI is InChI=1S/C16H15BrO3/c1-2-16(18)20-11-6-9-15(17)10-12-19-13-14-7-4-3-5-8-14/h1,3-10H,11-13H2/b9-6+,15-10-. The van der Waals surface area contributed by atoms with Crippen LogP contribution in [-0.4, -0.2) is 19.2 Å². The summed E-state index contributed by atoms with van der Waals surface area (Å²) < 4.78 is 11.0. The van der Waals surface area contributed by atoms with Crippen molar-refractivity contribution in [2.45, 2.75) is 6.61 Å². The summed E-state index contributed by atoms with van der Waals surface area (Å²) in [5, 5.41) is 0. The predicted octanol–water partition coefficient (Wildman–Crippen LogP) is 3.21. The van der Waals surface area contributed by atoms with Crippen LogP contribution in [-0.2, 0) is 20.9 Å². The fourth-order valence-corrected chi connectivity index (χ4v) is 1.60. The Balaban J connectivity index is 2.20. The molecule has 1 aromatic carbocycles. The van der Waals surface area contributed by atoms with E-state index in [1.165, 1.54) is 0 Å². The topological polar surface area (TPSA) is 35.5 Å². The maximum absolute atomic E-state index is 10.7. The molecular formula is C16H15BrO3. The Bertz CT molecular complexity index is 512. The molecule has 0 N–H and O–H groups in total. The van der Waals surface area contributed by atoms with Gasteiger partial charge in [0.05, 0.1) is 13.2 Å². The van der Waals surface area contributed by atoms with Crippen LogP contribution in [0.1, 0.15) is 5.56 Å². The van der Waals surface area contributed by atoms with Crippen LogP contribution < -0.4 is 0 Å². The molecule has 0 aliphatic rings. The van der Waals surface area contributed by atoms with Crippen LogP contribution in [0, 0.1) is 12.3 Å². The van der Waals surface area contributed by atoms with E-state index in [1.807, 2.05) is 42.3 Å². The number of terminal acetylenes is 1. The average molecular weight is 335 g/mol. The van der Waals surface area contributed by atoms with Gasteiger partial charge in [-0.15, -0.1) is 6.42 Å². The quantitative estimate of drug-likeness (QED) is 0.252. The normalized spacial score (nSPS) is 11.3. The average Bonchev–Trinajstić information content (AvgIpc) is 2.49. The summed E-state index contributed by atoms with van der Waals surface area (Å²) in [5.74, 6) is 1.20. The van der Waals surface area contributed by atoms with Crippen molar-refractivity contribution in [1.29, 1.82) is 0 Å². The lowest BCUT2D eigenvalue weighted by Crippen LogP contribution is -1.99. The number of allylic oxidation sites excluding steroid dienone is 2. The number of halogens is 1. The van der Waals surface area contributed by atoms with E-state index in [4.69, 9.17) is 11.2 Å². The molecule has 20 heavy (non-hydrogen) atoms. The minimum atomic E-state index is -0.666. The van der Waals surface area contributed by atoms with Gasteiger partial charge in [0.1, 0.15) is 6.61 Å². The zero-order valence-corrected chi connectivity index (χ0v) is 12.5. The second-order valence-electron chi connectivity index (χ2n) is 3.73. The van der Waals surface area contributed by atoms with Gasteiger partial charge < -0.3 is 9.47 Å². The smallest absolute Gasteiger partial charge is 0.384 e. The van der Waals surface area contributed by atoms with Crippen molar-refractivity contribution < 1.29 is 14.3 Å². The van der Waals surface area contributed by atoms with E-state index in [0.717, 1.165) is 10.0 Å². The predicted molar refractivity (Wildman–Crippen MR) is 82.0 cm³/mol. The maximum atomic E-state index is 10.7. The number of carbonyl (C=O) groups is 1. The summed E-state index contributed by atoms with van der Waals surface area (Å²) in [5.41, 5.74) is 1.13. The minimum absolute atomic E-state index is 0.150. The number of hydrogen-bond donors (Lipinski definition) is 0. The number of rotatable bonds is 7. The van der Waals surface area contributed by atoms with Gasteiger partial charge in [-0.25, -0.2) is 4.79 Å². The first-order valence-electron chi connectivity index (χ1n) is 5.99. The third-order valence-electron chi connectivity index (χ3n) is 2.21. The Morgan fingerprint density at radius 3 is 2.75 bits per heavy atom. The van der Waals surface area contributed by atoms with Crippen molar-refractivity contribution >= 4 is 21.9 Å². The molecule has 0 fully saturated rings. The Labute approximate surface area is 127 Å². The van der Waals surface area contributed by atoms with Gasteiger partial charge in [-0.1, -0.05) is 46.3 Å². The molecule has 1 rings (SSSR count). The van der Waals surface area contributed by atoms with Gasteiger partial charge in [0, 0.05) is 10.4 Å². The van der Waals surface area contributed by atoms with E-state index in [1.54, 1.807) is 12.2 Å². The Morgan fingerprint density at radius 1 is 1.30 bits per heavy atom. The van der Waals surface area contributed by atoms with Gasteiger partial charge in [0.2, 0.25) is 0 Å². The van der Waals surface area contributed by atoms with Gasteiger partial charge in [-0.05, 0) is 23.8 Å². The minimum Gasteiger partial charge on any atom is -0.452 e. The molecule has 4 heteroatoms. The SMILES string of the molecule is C#CC(=O)OC/C=C/C(Br)=C/COCc1ccccc1. The molecule has 0 spiro atoms. The summed E-state index contributed by atoms with van der Waals surface area (Å²) in [6.45, 7) is 1.21. The largest absolute Gasteiger partial charge is 0.452 e. The van der Waals surface area contributed by atoms with E-state index in [-0.39, 0.29) is 6.61 Å². The highest BCUT2D eigenvalue weighted by Gasteiger charge is 1.93.